The fraction of sp³-hybridized carbons (Fsp3) is 0.500. The van der Waals surface area contributed by atoms with E-state index in [1.807, 2.05) is 6.92 Å². The van der Waals surface area contributed by atoms with Crippen LogP contribution in [0.2, 0.25) is 0 Å². The van der Waals surface area contributed by atoms with E-state index >= 15 is 0 Å². The van der Waals surface area contributed by atoms with Crippen LogP contribution in [-0.2, 0) is 24.3 Å². The zero-order chi connectivity index (χ0) is 24.8. The van der Waals surface area contributed by atoms with Crippen LogP contribution in [-0.4, -0.2) is 45.2 Å². The number of allylic oxidation sites excluding steroid dienone is 3. The molecule has 0 fully saturated rings. The molecular formula is C22H31N3O7S. The standard InChI is InChI=1S/C22H31N3O7S/c1-6-10-31-11-12-32-22(26)19-15(4)23-16(5)21(33(29,30)24-14(2)3)20(19)17-8-7-9-18(13-17)25(27)28/h7-9,13-14,20,23-24H,6,10-12H2,1-5H3. The molecule has 0 aliphatic carbocycles. The minimum absolute atomic E-state index is 0.00764. The second-order valence-electron chi connectivity index (χ2n) is 7.96. The number of benzene rings is 1. The topological polar surface area (TPSA) is 137 Å². The lowest BCUT2D eigenvalue weighted by molar-refractivity contribution is -0.384. The van der Waals surface area contributed by atoms with Gasteiger partial charge in [-0.2, -0.15) is 0 Å². The number of rotatable bonds is 11. The summed E-state index contributed by atoms with van der Waals surface area (Å²) in [5, 5.41) is 14.3. The molecule has 0 radical (unpaired) electrons. The first-order valence-corrected chi connectivity index (χ1v) is 12.2. The lowest BCUT2D eigenvalue weighted by Gasteiger charge is -2.31. The van der Waals surface area contributed by atoms with Gasteiger partial charge in [-0.25, -0.2) is 17.9 Å². The highest BCUT2D eigenvalue weighted by atomic mass is 32.2. The van der Waals surface area contributed by atoms with Crippen molar-refractivity contribution >= 4 is 21.7 Å². The van der Waals surface area contributed by atoms with Crippen LogP contribution in [0, 0.1) is 10.1 Å². The van der Waals surface area contributed by atoms with Gasteiger partial charge in [0, 0.05) is 36.2 Å². The van der Waals surface area contributed by atoms with Crippen molar-refractivity contribution in [2.24, 2.45) is 0 Å². The molecule has 0 saturated heterocycles. The molecule has 1 heterocycles. The van der Waals surface area contributed by atoms with Gasteiger partial charge in [-0.3, -0.25) is 10.1 Å². The fourth-order valence-corrected chi connectivity index (χ4v) is 5.40. The molecule has 182 valence electrons. The Kier molecular flexibility index (Phi) is 9.15. The Morgan fingerprint density at radius 1 is 1.21 bits per heavy atom. The highest BCUT2D eigenvalue weighted by Crippen LogP contribution is 2.41. The zero-order valence-corrected chi connectivity index (χ0v) is 20.3. The van der Waals surface area contributed by atoms with E-state index in [0.717, 1.165) is 6.42 Å². The van der Waals surface area contributed by atoms with Crippen LogP contribution in [0.4, 0.5) is 5.69 Å². The summed E-state index contributed by atoms with van der Waals surface area (Å²) in [6.45, 7) is 9.27. The smallest absolute Gasteiger partial charge is 0.336 e. The third-order valence-electron chi connectivity index (χ3n) is 4.82. The SMILES string of the molecule is CCCOCCOC(=O)C1=C(C)NC(C)=C(S(=O)(=O)NC(C)C)C1c1cccc([N+](=O)[O-])c1. The first-order chi connectivity index (χ1) is 15.5. The number of carbonyl (C=O) groups is 1. The molecule has 1 aliphatic heterocycles. The van der Waals surface area contributed by atoms with Crippen LogP contribution >= 0.6 is 0 Å². The third kappa shape index (κ3) is 6.62. The van der Waals surface area contributed by atoms with E-state index in [9.17, 15) is 23.3 Å². The van der Waals surface area contributed by atoms with Crippen LogP contribution in [0.3, 0.4) is 0 Å². The largest absolute Gasteiger partial charge is 0.460 e. The van der Waals surface area contributed by atoms with Gasteiger partial charge in [0.1, 0.15) is 6.61 Å². The molecule has 2 rings (SSSR count). The molecule has 0 aromatic heterocycles. The molecule has 11 heteroatoms. The van der Waals surface area contributed by atoms with Gasteiger partial charge in [0.15, 0.2) is 0 Å². The van der Waals surface area contributed by atoms with Crippen molar-refractivity contribution in [3.8, 4) is 0 Å². The quantitative estimate of drug-likeness (QED) is 0.213. The summed E-state index contributed by atoms with van der Waals surface area (Å²) in [4.78, 5) is 23.8. The minimum Gasteiger partial charge on any atom is -0.460 e. The van der Waals surface area contributed by atoms with Crippen molar-refractivity contribution in [3.63, 3.8) is 0 Å². The number of dihydropyridines is 1. The van der Waals surface area contributed by atoms with Crippen molar-refractivity contribution in [1.29, 1.82) is 0 Å². The molecule has 10 nitrogen and oxygen atoms in total. The van der Waals surface area contributed by atoms with Gasteiger partial charge in [-0.05, 0) is 39.7 Å². The number of hydrogen-bond acceptors (Lipinski definition) is 8. The maximum Gasteiger partial charge on any atom is 0.336 e. The van der Waals surface area contributed by atoms with E-state index in [4.69, 9.17) is 9.47 Å². The molecule has 1 aromatic rings. The molecule has 33 heavy (non-hydrogen) atoms. The molecule has 1 atom stereocenters. The van der Waals surface area contributed by atoms with Gasteiger partial charge in [0.25, 0.3) is 5.69 Å². The number of non-ortho nitro benzene ring substituents is 1. The number of nitrogens with zero attached hydrogens (tertiary/aromatic N) is 1. The zero-order valence-electron chi connectivity index (χ0n) is 19.5. The van der Waals surface area contributed by atoms with Crippen LogP contribution in [0.25, 0.3) is 0 Å². The van der Waals surface area contributed by atoms with Crippen molar-refractivity contribution < 1.29 is 27.6 Å². The number of nitrogens with one attached hydrogen (secondary N) is 2. The van der Waals surface area contributed by atoms with Gasteiger partial charge in [-0.15, -0.1) is 0 Å². The molecule has 0 bridgehead atoms. The van der Waals surface area contributed by atoms with Crippen molar-refractivity contribution in [2.75, 3.05) is 19.8 Å². The average Bonchev–Trinajstić information content (AvgIpc) is 2.71. The number of ether oxygens (including phenoxy) is 2. The second kappa shape index (κ2) is 11.4. The average molecular weight is 482 g/mol. The number of nitro benzene ring substituents is 1. The van der Waals surface area contributed by atoms with Crippen LogP contribution in [0.15, 0.2) is 46.1 Å². The molecule has 1 aromatic carbocycles. The van der Waals surface area contributed by atoms with E-state index in [1.54, 1.807) is 33.8 Å². The minimum atomic E-state index is -4.05. The van der Waals surface area contributed by atoms with Crippen molar-refractivity contribution in [1.82, 2.24) is 10.0 Å². The molecular weight excluding hydrogens is 450 g/mol. The molecule has 0 saturated carbocycles. The Labute approximate surface area is 194 Å². The Bertz CT molecular complexity index is 1060. The number of esters is 1. The van der Waals surface area contributed by atoms with E-state index < -0.39 is 32.9 Å². The first kappa shape index (κ1) is 26.5. The van der Waals surface area contributed by atoms with Gasteiger partial charge >= 0.3 is 5.97 Å². The fourth-order valence-electron chi connectivity index (χ4n) is 3.63. The van der Waals surface area contributed by atoms with E-state index in [2.05, 4.69) is 10.0 Å². The molecule has 0 amide bonds. The second-order valence-corrected chi connectivity index (χ2v) is 9.64. The Morgan fingerprint density at radius 3 is 2.52 bits per heavy atom. The summed E-state index contributed by atoms with van der Waals surface area (Å²) >= 11 is 0. The number of carbonyl (C=O) groups excluding carboxylic acids is 1. The summed E-state index contributed by atoms with van der Waals surface area (Å²) in [7, 11) is -4.05. The highest BCUT2D eigenvalue weighted by molar-refractivity contribution is 7.93. The monoisotopic (exact) mass is 481 g/mol. The number of hydrogen-bond donors (Lipinski definition) is 2. The Morgan fingerprint density at radius 2 is 1.91 bits per heavy atom. The van der Waals surface area contributed by atoms with E-state index in [-0.39, 0.29) is 29.4 Å². The predicted octanol–water partition coefficient (Wildman–Crippen LogP) is 3.08. The maximum absolute atomic E-state index is 13.3. The summed E-state index contributed by atoms with van der Waals surface area (Å²) in [6.07, 6.45) is 0.825. The van der Waals surface area contributed by atoms with Crippen molar-refractivity contribution in [3.05, 3.63) is 61.8 Å². The normalized spacial score (nSPS) is 16.7. The molecule has 1 unspecified atom stereocenters. The third-order valence-corrected chi connectivity index (χ3v) is 6.73. The lowest BCUT2D eigenvalue weighted by Crippen LogP contribution is -2.38. The number of sulfonamides is 1. The van der Waals surface area contributed by atoms with Crippen LogP contribution < -0.4 is 10.0 Å². The number of nitro groups is 1. The van der Waals surface area contributed by atoms with Gasteiger partial charge in [0.2, 0.25) is 10.0 Å². The van der Waals surface area contributed by atoms with E-state index in [1.165, 1.54) is 18.2 Å². The summed E-state index contributed by atoms with van der Waals surface area (Å²) in [6, 6.07) is 5.20. The molecule has 2 N–H and O–H groups in total. The van der Waals surface area contributed by atoms with Gasteiger partial charge < -0.3 is 14.8 Å². The summed E-state index contributed by atoms with van der Waals surface area (Å²) < 4.78 is 39.8. The maximum atomic E-state index is 13.3. The highest BCUT2D eigenvalue weighted by Gasteiger charge is 2.40. The lowest BCUT2D eigenvalue weighted by atomic mass is 9.86. The molecule has 0 spiro atoms. The van der Waals surface area contributed by atoms with Gasteiger partial charge in [-0.1, -0.05) is 19.1 Å². The Hall–Kier alpha value is -2.76. The predicted molar refractivity (Wildman–Crippen MR) is 124 cm³/mol. The van der Waals surface area contributed by atoms with Crippen LogP contribution in [0.5, 0.6) is 0 Å². The first-order valence-electron chi connectivity index (χ1n) is 10.7. The molecule has 1 aliphatic rings. The van der Waals surface area contributed by atoms with Crippen LogP contribution in [0.1, 0.15) is 52.5 Å². The van der Waals surface area contributed by atoms with Crippen molar-refractivity contribution in [2.45, 2.75) is 53.0 Å². The Balaban J connectivity index is 2.57. The van der Waals surface area contributed by atoms with Gasteiger partial charge in [0.05, 0.1) is 27.9 Å². The summed E-state index contributed by atoms with van der Waals surface area (Å²) in [5.74, 6) is -1.81. The summed E-state index contributed by atoms with van der Waals surface area (Å²) in [5.41, 5.74) is 0.881. The van der Waals surface area contributed by atoms with E-state index in [0.29, 0.717) is 23.6 Å².